The third-order valence-corrected chi connectivity index (χ3v) is 4.83. The number of fused-ring (bicyclic) bond motifs is 1. The number of benzene rings is 2. The van der Waals surface area contributed by atoms with Crippen LogP contribution in [0.15, 0.2) is 36.4 Å². The topological polar surface area (TPSA) is 35.2 Å². The Morgan fingerprint density at radius 3 is 2.50 bits per heavy atom. The summed E-state index contributed by atoms with van der Waals surface area (Å²) in [6.07, 6.45) is 1.05. The van der Waals surface area contributed by atoms with Crippen molar-refractivity contribution in [2.75, 3.05) is 19.8 Å². The first-order valence-electron chi connectivity index (χ1n) is 7.44. The summed E-state index contributed by atoms with van der Waals surface area (Å²) in [6, 6.07) is 13.5. The Labute approximate surface area is 120 Å². The zero-order valence-electron chi connectivity index (χ0n) is 12.4. The second-order valence-corrected chi connectivity index (χ2v) is 6.19. The summed E-state index contributed by atoms with van der Waals surface area (Å²) < 4.78 is 5.55. The molecule has 3 rings (SSSR count). The molecule has 0 aliphatic carbocycles. The van der Waals surface area contributed by atoms with Gasteiger partial charge in [-0.2, -0.15) is 0 Å². The molecule has 1 fully saturated rings. The summed E-state index contributed by atoms with van der Waals surface area (Å²) in [6.45, 7) is 6.83. The van der Waals surface area contributed by atoms with Crippen molar-refractivity contribution in [2.24, 2.45) is 11.7 Å². The van der Waals surface area contributed by atoms with E-state index in [9.17, 15) is 0 Å². The van der Waals surface area contributed by atoms with Crippen molar-refractivity contribution in [3.05, 3.63) is 47.5 Å². The average molecular weight is 269 g/mol. The smallest absolute Gasteiger partial charge is 0.0588 e. The molecule has 1 saturated heterocycles. The van der Waals surface area contributed by atoms with E-state index in [1.165, 1.54) is 21.9 Å². The van der Waals surface area contributed by atoms with Crippen LogP contribution in [-0.4, -0.2) is 19.8 Å². The molecule has 106 valence electrons. The van der Waals surface area contributed by atoms with Gasteiger partial charge in [-0.05, 0) is 42.1 Å². The monoisotopic (exact) mass is 269 g/mol. The molecule has 0 spiro atoms. The van der Waals surface area contributed by atoms with Crippen LogP contribution in [0, 0.1) is 12.8 Å². The lowest BCUT2D eigenvalue weighted by Gasteiger charge is -2.46. The third kappa shape index (κ3) is 2.13. The first kappa shape index (κ1) is 13.6. The van der Waals surface area contributed by atoms with E-state index >= 15 is 0 Å². The van der Waals surface area contributed by atoms with Crippen LogP contribution in [-0.2, 0) is 10.2 Å². The van der Waals surface area contributed by atoms with Gasteiger partial charge < -0.3 is 10.5 Å². The van der Waals surface area contributed by atoms with Crippen LogP contribution in [0.5, 0.6) is 0 Å². The number of hydrogen-bond acceptors (Lipinski definition) is 2. The van der Waals surface area contributed by atoms with Crippen molar-refractivity contribution in [3.63, 3.8) is 0 Å². The normalized spacial score (nSPS) is 18.8. The maximum absolute atomic E-state index is 5.75. The van der Waals surface area contributed by atoms with Crippen molar-refractivity contribution in [1.82, 2.24) is 0 Å². The molecule has 1 aliphatic rings. The molecule has 0 bridgehead atoms. The highest BCUT2D eigenvalue weighted by Crippen LogP contribution is 2.41. The van der Waals surface area contributed by atoms with E-state index in [2.05, 4.69) is 50.2 Å². The standard InChI is InChI=1S/C18H23NO/c1-13-3-4-16-10-17(6-5-15(16)9-13)18(11-20-12-18)14(2)7-8-19/h3-6,9-10,14H,7-8,11-12,19H2,1-2H3. The van der Waals surface area contributed by atoms with E-state index in [0.29, 0.717) is 5.92 Å². The summed E-state index contributed by atoms with van der Waals surface area (Å²) in [5, 5.41) is 2.63. The molecule has 0 saturated carbocycles. The minimum Gasteiger partial charge on any atom is -0.379 e. The van der Waals surface area contributed by atoms with Crippen LogP contribution in [0.2, 0.25) is 0 Å². The number of aryl methyl sites for hydroxylation is 1. The van der Waals surface area contributed by atoms with Gasteiger partial charge in [0.15, 0.2) is 0 Å². The lowest BCUT2D eigenvalue weighted by Crippen LogP contribution is -2.52. The van der Waals surface area contributed by atoms with Crippen molar-refractivity contribution < 1.29 is 4.74 Å². The Morgan fingerprint density at radius 2 is 1.85 bits per heavy atom. The molecule has 0 amide bonds. The van der Waals surface area contributed by atoms with E-state index in [-0.39, 0.29) is 5.41 Å². The largest absolute Gasteiger partial charge is 0.379 e. The second kappa shape index (κ2) is 5.19. The van der Waals surface area contributed by atoms with E-state index < -0.39 is 0 Å². The van der Waals surface area contributed by atoms with E-state index in [1.807, 2.05) is 0 Å². The van der Waals surface area contributed by atoms with Gasteiger partial charge in [-0.1, -0.05) is 48.9 Å². The Bertz CT molecular complexity index is 616. The molecule has 1 unspecified atom stereocenters. The highest BCUT2D eigenvalue weighted by molar-refractivity contribution is 5.84. The minimum atomic E-state index is 0.165. The van der Waals surface area contributed by atoms with Crippen LogP contribution in [0.25, 0.3) is 10.8 Å². The van der Waals surface area contributed by atoms with Crippen LogP contribution in [0.3, 0.4) is 0 Å². The molecule has 2 nitrogen and oxygen atoms in total. The Kier molecular flexibility index (Phi) is 3.53. The van der Waals surface area contributed by atoms with Gasteiger partial charge in [0.25, 0.3) is 0 Å². The summed E-state index contributed by atoms with van der Waals surface area (Å²) >= 11 is 0. The number of nitrogens with two attached hydrogens (primary N) is 1. The first-order chi connectivity index (χ1) is 9.65. The van der Waals surface area contributed by atoms with Crippen molar-refractivity contribution in [2.45, 2.75) is 25.7 Å². The molecule has 0 aromatic heterocycles. The zero-order chi connectivity index (χ0) is 14.2. The minimum absolute atomic E-state index is 0.165. The molecule has 0 radical (unpaired) electrons. The van der Waals surface area contributed by atoms with Crippen LogP contribution < -0.4 is 5.73 Å². The van der Waals surface area contributed by atoms with Gasteiger partial charge in [-0.3, -0.25) is 0 Å². The van der Waals surface area contributed by atoms with E-state index in [4.69, 9.17) is 10.5 Å². The van der Waals surface area contributed by atoms with Crippen molar-refractivity contribution >= 4 is 10.8 Å². The average Bonchev–Trinajstić information content (AvgIpc) is 2.38. The van der Waals surface area contributed by atoms with Crippen LogP contribution in [0.1, 0.15) is 24.5 Å². The van der Waals surface area contributed by atoms with Gasteiger partial charge in [-0.15, -0.1) is 0 Å². The van der Waals surface area contributed by atoms with Gasteiger partial charge >= 0.3 is 0 Å². The maximum atomic E-state index is 5.75. The van der Waals surface area contributed by atoms with E-state index in [0.717, 1.165) is 26.2 Å². The summed E-state index contributed by atoms with van der Waals surface area (Å²) in [7, 11) is 0. The summed E-state index contributed by atoms with van der Waals surface area (Å²) in [5.41, 5.74) is 8.63. The summed E-state index contributed by atoms with van der Waals surface area (Å²) in [5.74, 6) is 0.559. The Hall–Kier alpha value is -1.38. The van der Waals surface area contributed by atoms with Gasteiger partial charge in [0.05, 0.1) is 13.2 Å². The lowest BCUT2D eigenvalue weighted by molar-refractivity contribution is -0.0882. The van der Waals surface area contributed by atoms with Gasteiger partial charge in [0, 0.05) is 5.41 Å². The highest BCUT2D eigenvalue weighted by Gasteiger charge is 2.44. The molecule has 2 N–H and O–H groups in total. The molecule has 2 aromatic carbocycles. The van der Waals surface area contributed by atoms with Crippen molar-refractivity contribution in [1.29, 1.82) is 0 Å². The van der Waals surface area contributed by atoms with Crippen LogP contribution >= 0.6 is 0 Å². The van der Waals surface area contributed by atoms with Gasteiger partial charge in [0.2, 0.25) is 0 Å². The first-order valence-corrected chi connectivity index (χ1v) is 7.44. The molecule has 1 heterocycles. The second-order valence-electron chi connectivity index (χ2n) is 6.19. The van der Waals surface area contributed by atoms with Gasteiger partial charge in [0.1, 0.15) is 0 Å². The third-order valence-electron chi connectivity index (χ3n) is 4.83. The fraction of sp³-hybridized carbons (Fsp3) is 0.444. The molecule has 2 heteroatoms. The SMILES string of the molecule is Cc1ccc2cc(C3(C(C)CCN)COC3)ccc2c1. The van der Waals surface area contributed by atoms with Gasteiger partial charge in [-0.25, -0.2) is 0 Å². The maximum Gasteiger partial charge on any atom is 0.0588 e. The number of rotatable bonds is 4. The Morgan fingerprint density at radius 1 is 1.15 bits per heavy atom. The molecule has 20 heavy (non-hydrogen) atoms. The molecule has 1 atom stereocenters. The quantitative estimate of drug-likeness (QED) is 0.923. The fourth-order valence-electron chi connectivity index (χ4n) is 3.26. The molecular weight excluding hydrogens is 246 g/mol. The van der Waals surface area contributed by atoms with E-state index in [1.54, 1.807) is 0 Å². The van der Waals surface area contributed by atoms with Crippen molar-refractivity contribution in [3.8, 4) is 0 Å². The lowest BCUT2D eigenvalue weighted by atomic mass is 9.68. The predicted molar refractivity (Wildman–Crippen MR) is 84.0 cm³/mol. The number of hydrogen-bond donors (Lipinski definition) is 1. The highest BCUT2D eigenvalue weighted by atomic mass is 16.5. The predicted octanol–water partition coefficient (Wildman–Crippen LogP) is 3.40. The summed E-state index contributed by atoms with van der Waals surface area (Å²) in [4.78, 5) is 0. The Balaban J connectivity index is 2.02. The number of ether oxygens (including phenoxy) is 1. The molecule has 2 aromatic rings. The van der Waals surface area contributed by atoms with Crippen LogP contribution in [0.4, 0.5) is 0 Å². The fourth-order valence-corrected chi connectivity index (χ4v) is 3.26. The molecular formula is C18H23NO. The molecule has 1 aliphatic heterocycles. The zero-order valence-corrected chi connectivity index (χ0v) is 12.4.